The lowest BCUT2D eigenvalue weighted by atomic mass is 9.93. The number of carbonyl (C=O) groups excluding carboxylic acids is 1. The van der Waals surface area contributed by atoms with Crippen molar-refractivity contribution in [2.75, 3.05) is 0 Å². The lowest BCUT2D eigenvalue weighted by Crippen LogP contribution is -2.18. The molecule has 0 amide bonds. The molecule has 2 aromatic rings. The average molecular weight is 295 g/mol. The summed E-state index contributed by atoms with van der Waals surface area (Å²) < 4.78 is 5.52. The van der Waals surface area contributed by atoms with Crippen molar-refractivity contribution in [3.05, 3.63) is 71.8 Å². The smallest absolute Gasteiger partial charge is 0.309 e. The lowest BCUT2D eigenvalue weighted by molar-refractivity contribution is -0.144. The van der Waals surface area contributed by atoms with Crippen LogP contribution in [0.5, 0.6) is 0 Å². The second kappa shape index (κ2) is 6.75. The van der Waals surface area contributed by atoms with Crippen LogP contribution in [0, 0.1) is 5.92 Å². The van der Waals surface area contributed by atoms with Gasteiger partial charge < -0.3 is 10.5 Å². The highest BCUT2D eigenvalue weighted by atomic mass is 16.5. The first-order valence-corrected chi connectivity index (χ1v) is 7.77. The molecule has 3 unspecified atom stereocenters. The molecule has 1 heterocycles. The summed E-state index contributed by atoms with van der Waals surface area (Å²) in [7, 11) is 0. The highest BCUT2D eigenvalue weighted by Crippen LogP contribution is 2.30. The van der Waals surface area contributed by atoms with Gasteiger partial charge in [0.2, 0.25) is 0 Å². The summed E-state index contributed by atoms with van der Waals surface area (Å²) in [6, 6.07) is 20.0. The molecule has 114 valence electrons. The molecule has 1 fully saturated rings. The van der Waals surface area contributed by atoms with Gasteiger partial charge in [-0.3, -0.25) is 4.79 Å². The maximum Gasteiger partial charge on any atom is 0.309 e. The van der Waals surface area contributed by atoms with E-state index >= 15 is 0 Å². The van der Waals surface area contributed by atoms with E-state index in [9.17, 15) is 4.79 Å². The summed E-state index contributed by atoms with van der Waals surface area (Å²) in [5.41, 5.74) is 8.49. The Kier molecular flexibility index (Phi) is 4.54. The third-order valence-corrected chi connectivity index (χ3v) is 4.23. The van der Waals surface area contributed by atoms with Crippen LogP contribution in [0.3, 0.4) is 0 Å². The Morgan fingerprint density at radius 3 is 2.36 bits per heavy atom. The predicted octanol–water partition coefficient (Wildman–Crippen LogP) is 3.25. The number of rotatable bonds is 5. The molecule has 1 aliphatic rings. The summed E-state index contributed by atoms with van der Waals surface area (Å²) in [5, 5.41) is 0. The number of nitrogens with two attached hydrogens (primary N) is 1. The molecule has 0 saturated carbocycles. The Morgan fingerprint density at radius 1 is 1.05 bits per heavy atom. The monoisotopic (exact) mass is 295 g/mol. The maximum atomic E-state index is 12.0. The van der Waals surface area contributed by atoms with E-state index in [1.807, 2.05) is 48.5 Å². The molecule has 0 bridgehead atoms. The second-order valence-electron chi connectivity index (χ2n) is 5.93. The van der Waals surface area contributed by atoms with Crippen LogP contribution in [0.2, 0.25) is 0 Å². The van der Waals surface area contributed by atoms with E-state index in [0.717, 1.165) is 18.4 Å². The fourth-order valence-electron chi connectivity index (χ4n) is 3.05. The minimum absolute atomic E-state index is 0.0460. The van der Waals surface area contributed by atoms with E-state index in [4.69, 9.17) is 10.5 Å². The number of ether oxygens (including phenoxy) is 1. The highest BCUT2D eigenvalue weighted by Gasteiger charge is 2.35. The molecule has 0 aliphatic carbocycles. The van der Waals surface area contributed by atoms with Crippen LogP contribution in [-0.4, -0.2) is 12.1 Å². The van der Waals surface area contributed by atoms with Crippen molar-refractivity contribution < 1.29 is 9.53 Å². The number of cyclic esters (lactones) is 1. The summed E-state index contributed by atoms with van der Waals surface area (Å²) in [5.74, 6) is -0.135. The number of hydrogen-bond donors (Lipinski definition) is 1. The van der Waals surface area contributed by atoms with Crippen LogP contribution in [0.15, 0.2) is 60.7 Å². The first-order valence-electron chi connectivity index (χ1n) is 7.77. The zero-order chi connectivity index (χ0) is 15.4. The predicted molar refractivity (Wildman–Crippen MR) is 86.1 cm³/mol. The molecule has 0 radical (unpaired) electrons. The lowest BCUT2D eigenvalue weighted by Gasteiger charge is -2.16. The number of benzene rings is 2. The molecule has 0 aromatic heterocycles. The van der Waals surface area contributed by atoms with Crippen molar-refractivity contribution in [3.8, 4) is 0 Å². The van der Waals surface area contributed by atoms with Crippen molar-refractivity contribution in [1.29, 1.82) is 0 Å². The van der Waals surface area contributed by atoms with Crippen LogP contribution >= 0.6 is 0 Å². The topological polar surface area (TPSA) is 52.3 Å². The molecule has 3 atom stereocenters. The Bertz CT molecular complexity index is 612. The van der Waals surface area contributed by atoms with Gasteiger partial charge in [-0.2, -0.15) is 0 Å². The fourth-order valence-corrected chi connectivity index (χ4v) is 3.05. The fraction of sp³-hybridized carbons (Fsp3) is 0.316. The third-order valence-electron chi connectivity index (χ3n) is 4.23. The average Bonchev–Trinajstić information content (AvgIpc) is 2.88. The molecular weight excluding hydrogens is 274 g/mol. The van der Waals surface area contributed by atoms with Crippen LogP contribution in [0.25, 0.3) is 0 Å². The van der Waals surface area contributed by atoms with Gasteiger partial charge in [-0.1, -0.05) is 60.7 Å². The first-order chi connectivity index (χ1) is 10.7. The van der Waals surface area contributed by atoms with E-state index < -0.39 is 0 Å². The summed E-state index contributed by atoms with van der Waals surface area (Å²) in [6.45, 7) is 0. The van der Waals surface area contributed by atoms with Crippen molar-refractivity contribution in [1.82, 2.24) is 0 Å². The van der Waals surface area contributed by atoms with Crippen molar-refractivity contribution in [2.24, 2.45) is 11.7 Å². The van der Waals surface area contributed by atoms with Crippen molar-refractivity contribution >= 4 is 5.97 Å². The number of hydrogen-bond acceptors (Lipinski definition) is 3. The summed E-state index contributed by atoms with van der Waals surface area (Å²) >= 11 is 0. The highest BCUT2D eigenvalue weighted by molar-refractivity contribution is 5.75. The Hall–Kier alpha value is -2.13. The van der Waals surface area contributed by atoms with Gasteiger partial charge in [-0.05, 0) is 24.0 Å². The number of carbonyl (C=O) groups is 1. The second-order valence-corrected chi connectivity index (χ2v) is 5.93. The normalized spacial score (nSPS) is 22.3. The largest absolute Gasteiger partial charge is 0.462 e. The maximum absolute atomic E-state index is 12.0. The van der Waals surface area contributed by atoms with E-state index in [1.54, 1.807) is 0 Å². The van der Waals surface area contributed by atoms with Gasteiger partial charge in [0.05, 0.1) is 5.92 Å². The SMILES string of the molecule is NC(CC1CC(Cc2ccccc2)C(=O)O1)c1ccccc1. The minimum atomic E-state index is -0.0888. The van der Waals surface area contributed by atoms with Crippen molar-refractivity contribution in [2.45, 2.75) is 31.4 Å². The van der Waals surface area contributed by atoms with Crippen LogP contribution < -0.4 is 5.73 Å². The van der Waals surface area contributed by atoms with Crippen LogP contribution in [0.1, 0.15) is 30.0 Å². The van der Waals surface area contributed by atoms with E-state index in [-0.39, 0.29) is 24.0 Å². The van der Waals surface area contributed by atoms with E-state index in [2.05, 4.69) is 12.1 Å². The van der Waals surface area contributed by atoms with Gasteiger partial charge >= 0.3 is 5.97 Å². The minimum Gasteiger partial charge on any atom is -0.462 e. The van der Waals surface area contributed by atoms with Gasteiger partial charge in [0.1, 0.15) is 6.10 Å². The van der Waals surface area contributed by atoms with E-state index in [0.29, 0.717) is 6.42 Å². The zero-order valence-electron chi connectivity index (χ0n) is 12.5. The molecular formula is C19H21NO2. The molecule has 3 rings (SSSR count). The number of esters is 1. The molecule has 2 N–H and O–H groups in total. The summed E-state index contributed by atoms with van der Waals surface area (Å²) in [6.07, 6.45) is 2.11. The first kappa shape index (κ1) is 14.8. The molecule has 1 aliphatic heterocycles. The van der Waals surface area contributed by atoms with Crippen LogP contribution in [0.4, 0.5) is 0 Å². The standard InChI is InChI=1S/C19H21NO2/c20-18(15-9-5-2-6-10-15)13-17-12-16(19(21)22-17)11-14-7-3-1-4-8-14/h1-10,16-18H,11-13,20H2. The van der Waals surface area contributed by atoms with Crippen LogP contribution in [-0.2, 0) is 16.0 Å². The molecule has 1 saturated heterocycles. The molecule has 22 heavy (non-hydrogen) atoms. The third kappa shape index (κ3) is 3.55. The summed E-state index contributed by atoms with van der Waals surface area (Å²) in [4.78, 5) is 12.0. The Labute approximate surface area is 131 Å². The Morgan fingerprint density at radius 2 is 1.68 bits per heavy atom. The quantitative estimate of drug-likeness (QED) is 0.861. The van der Waals surface area contributed by atoms with Gasteiger partial charge in [0.25, 0.3) is 0 Å². The van der Waals surface area contributed by atoms with Crippen molar-refractivity contribution in [3.63, 3.8) is 0 Å². The molecule has 0 spiro atoms. The Balaban J connectivity index is 1.58. The van der Waals surface area contributed by atoms with Gasteiger partial charge in [-0.25, -0.2) is 0 Å². The van der Waals surface area contributed by atoms with Gasteiger partial charge in [0.15, 0.2) is 0 Å². The molecule has 2 aromatic carbocycles. The van der Waals surface area contributed by atoms with Gasteiger partial charge in [-0.15, -0.1) is 0 Å². The molecule has 3 nitrogen and oxygen atoms in total. The van der Waals surface area contributed by atoms with E-state index in [1.165, 1.54) is 5.56 Å². The molecule has 3 heteroatoms. The zero-order valence-corrected chi connectivity index (χ0v) is 12.5. The van der Waals surface area contributed by atoms with Gasteiger partial charge in [0, 0.05) is 12.5 Å².